The van der Waals surface area contributed by atoms with Gasteiger partial charge in [0.15, 0.2) is 0 Å². The van der Waals surface area contributed by atoms with Gasteiger partial charge in [0.25, 0.3) is 9.05 Å². The van der Waals surface area contributed by atoms with Crippen LogP contribution in [0.15, 0.2) is 53.4 Å². The molecule has 0 N–H and O–H groups in total. The maximum Gasteiger partial charge on any atom is 0.416 e. The van der Waals surface area contributed by atoms with E-state index in [4.69, 9.17) is 10.7 Å². The molecule has 0 aliphatic heterocycles. The number of hydrogen-bond acceptors (Lipinski definition) is 2. The van der Waals surface area contributed by atoms with Crippen molar-refractivity contribution in [3.8, 4) is 11.1 Å². The van der Waals surface area contributed by atoms with Gasteiger partial charge in [-0.1, -0.05) is 24.3 Å². The SMILES string of the molecule is O=S(=O)(Cl)c1ccc(-c2cccc(C(F)(F)F)c2)cc1. The van der Waals surface area contributed by atoms with E-state index in [-0.39, 0.29) is 4.90 Å². The summed E-state index contributed by atoms with van der Waals surface area (Å²) in [5.41, 5.74) is 0.0579. The van der Waals surface area contributed by atoms with E-state index >= 15 is 0 Å². The third-order valence-electron chi connectivity index (χ3n) is 2.66. The van der Waals surface area contributed by atoms with Crippen LogP contribution >= 0.6 is 10.7 Å². The van der Waals surface area contributed by atoms with Crippen LogP contribution in [0.2, 0.25) is 0 Å². The summed E-state index contributed by atoms with van der Waals surface area (Å²) >= 11 is 0. The molecule has 0 atom stereocenters. The predicted octanol–water partition coefficient (Wildman–Crippen LogP) is 4.30. The summed E-state index contributed by atoms with van der Waals surface area (Å²) in [5.74, 6) is 0. The Kier molecular flexibility index (Phi) is 3.80. The number of halogens is 4. The van der Waals surface area contributed by atoms with E-state index in [9.17, 15) is 21.6 Å². The average Bonchev–Trinajstić information content (AvgIpc) is 2.37. The van der Waals surface area contributed by atoms with Crippen molar-refractivity contribution in [1.82, 2.24) is 0 Å². The van der Waals surface area contributed by atoms with Crippen molar-refractivity contribution in [1.29, 1.82) is 0 Å². The fourth-order valence-corrected chi connectivity index (χ4v) is 2.45. The molecule has 0 unspecified atom stereocenters. The summed E-state index contributed by atoms with van der Waals surface area (Å²) in [6, 6.07) is 10.1. The molecule has 2 nitrogen and oxygen atoms in total. The number of hydrogen-bond donors (Lipinski definition) is 0. The summed E-state index contributed by atoms with van der Waals surface area (Å²) in [4.78, 5) is -0.102. The number of benzene rings is 2. The number of rotatable bonds is 2. The minimum atomic E-state index is -4.42. The first kappa shape index (κ1) is 14.9. The molecule has 106 valence electrons. The lowest BCUT2D eigenvalue weighted by atomic mass is 10.0. The zero-order valence-electron chi connectivity index (χ0n) is 9.86. The Labute approximate surface area is 118 Å². The molecule has 0 bridgehead atoms. The lowest BCUT2D eigenvalue weighted by molar-refractivity contribution is -0.137. The van der Waals surface area contributed by atoms with E-state index in [1.807, 2.05) is 0 Å². The lowest BCUT2D eigenvalue weighted by Gasteiger charge is -2.09. The second kappa shape index (κ2) is 5.10. The van der Waals surface area contributed by atoms with Gasteiger partial charge in [0.1, 0.15) is 0 Å². The Hall–Kier alpha value is -1.53. The van der Waals surface area contributed by atoms with Crippen LogP contribution in [0.5, 0.6) is 0 Å². The van der Waals surface area contributed by atoms with Gasteiger partial charge in [0.2, 0.25) is 0 Å². The molecular weight excluding hydrogens is 313 g/mol. The normalized spacial score (nSPS) is 12.4. The van der Waals surface area contributed by atoms with Crippen LogP contribution in [0, 0.1) is 0 Å². The molecule has 2 aromatic rings. The summed E-state index contributed by atoms with van der Waals surface area (Å²) in [6.07, 6.45) is -4.42. The van der Waals surface area contributed by atoms with E-state index in [0.717, 1.165) is 12.1 Å². The van der Waals surface area contributed by atoms with Crippen molar-refractivity contribution < 1.29 is 21.6 Å². The van der Waals surface area contributed by atoms with E-state index in [0.29, 0.717) is 11.1 Å². The molecule has 7 heteroatoms. The maximum atomic E-state index is 12.6. The average molecular weight is 321 g/mol. The van der Waals surface area contributed by atoms with Crippen molar-refractivity contribution in [2.75, 3.05) is 0 Å². The van der Waals surface area contributed by atoms with Crippen LogP contribution < -0.4 is 0 Å². The largest absolute Gasteiger partial charge is 0.416 e. The number of alkyl halides is 3. The first-order chi connectivity index (χ1) is 9.18. The molecule has 0 aliphatic carbocycles. The molecule has 0 spiro atoms. The van der Waals surface area contributed by atoms with Gasteiger partial charge in [-0.05, 0) is 35.4 Å². The van der Waals surface area contributed by atoms with Gasteiger partial charge in [0.05, 0.1) is 10.5 Å². The van der Waals surface area contributed by atoms with Crippen molar-refractivity contribution in [2.24, 2.45) is 0 Å². The second-order valence-electron chi connectivity index (χ2n) is 4.04. The van der Waals surface area contributed by atoms with Crippen LogP contribution in [-0.2, 0) is 15.2 Å². The highest BCUT2D eigenvalue weighted by Crippen LogP contribution is 2.32. The Balaban J connectivity index is 2.43. The zero-order valence-corrected chi connectivity index (χ0v) is 11.4. The smallest absolute Gasteiger partial charge is 0.207 e. The van der Waals surface area contributed by atoms with Crippen molar-refractivity contribution in [3.63, 3.8) is 0 Å². The molecular formula is C13H8ClF3O2S. The van der Waals surface area contributed by atoms with Crippen LogP contribution in [0.3, 0.4) is 0 Å². The highest BCUT2D eigenvalue weighted by atomic mass is 35.7. The topological polar surface area (TPSA) is 34.1 Å². The first-order valence-electron chi connectivity index (χ1n) is 5.40. The first-order valence-corrected chi connectivity index (χ1v) is 7.71. The minimum Gasteiger partial charge on any atom is -0.207 e. The van der Waals surface area contributed by atoms with E-state index in [2.05, 4.69) is 0 Å². The zero-order chi connectivity index (χ0) is 15.0. The Morgan fingerprint density at radius 2 is 1.50 bits per heavy atom. The molecule has 0 aromatic heterocycles. The molecule has 20 heavy (non-hydrogen) atoms. The third kappa shape index (κ3) is 3.32. The van der Waals surface area contributed by atoms with Gasteiger partial charge < -0.3 is 0 Å². The van der Waals surface area contributed by atoms with Crippen LogP contribution in [0.1, 0.15) is 5.56 Å². The Morgan fingerprint density at radius 3 is 2.00 bits per heavy atom. The molecule has 2 aromatic carbocycles. The van der Waals surface area contributed by atoms with E-state index in [1.54, 1.807) is 0 Å². The van der Waals surface area contributed by atoms with Gasteiger partial charge in [-0.3, -0.25) is 0 Å². The van der Waals surface area contributed by atoms with Gasteiger partial charge in [0, 0.05) is 10.7 Å². The minimum absolute atomic E-state index is 0.102. The summed E-state index contributed by atoms with van der Waals surface area (Å²) < 4.78 is 60.0. The highest BCUT2D eigenvalue weighted by molar-refractivity contribution is 8.13. The Bertz CT molecular complexity index is 722. The van der Waals surface area contributed by atoms with Crippen LogP contribution in [-0.4, -0.2) is 8.42 Å². The summed E-state index contributed by atoms with van der Waals surface area (Å²) in [7, 11) is 1.32. The van der Waals surface area contributed by atoms with Gasteiger partial charge in [-0.25, -0.2) is 8.42 Å². The molecule has 0 radical (unpaired) electrons. The quantitative estimate of drug-likeness (QED) is 0.773. The van der Waals surface area contributed by atoms with Crippen molar-refractivity contribution in [3.05, 3.63) is 54.1 Å². The lowest BCUT2D eigenvalue weighted by Crippen LogP contribution is -2.04. The third-order valence-corrected chi connectivity index (χ3v) is 4.03. The molecule has 0 fully saturated rings. The molecule has 0 saturated carbocycles. The molecule has 0 heterocycles. The van der Waals surface area contributed by atoms with Gasteiger partial charge >= 0.3 is 6.18 Å². The second-order valence-corrected chi connectivity index (χ2v) is 6.61. The molecule has 2 rings (SSSR count). The standard InChI is InChI=1S/C13H8ClF3O2S/c14-20(18,19)12-6-4-9(5-7-12)10-2-1-3-11(8-10)13(15,16)17/h1-8H. The van der Waals surface area contributed by atoms with Crippen LogP contribution in [0.4, 0.5) is 13.2 Å². The van der Waals surface area contributed by atoms with E-state index in [1.165, 1.54) is 36.4 Å². The molecule has 0 saturated heterocycles. The monoisotopic (exact) mass is 320 g/mol. The fourth-order valence-electron chi connectivity index (χ4n) is 1.69. The van der Waals surface area contributed by atoms with Crippen molar-refractivity contribution in [2.45, 2.75) is 11.1 Å². The Morgan fingerprint density at radius 1 is 0.900 bits per heavy atom. The maximum absolute atomic E-state index is 12.6. The highest BCUT2D eigenvalue weighted by Gasteiger charge is 2.30. The van der Waals surface area contributed by atoms with Crippen molar-refractivity contribution >= 4 is 19.7 Å². The summed E-state index contributed by atoms with van der Waals surface area (Å²) in [5, 5.41) is 0. The predicted molar refractivity (Wildman–Crippen MR) is 69.9 cm³/mol. The van der Waals surface area contributed by atoms with Gasteiger partial charge in [-0.15, -0.1) is 0 Å². The molecule has 0 aliphatic rings. The summed E-state index contributed by atoms with van der Waals surface area (Å²) in [6.45, 7) is 0. The van der Waals surface area contributed by atoms with Crippen LogP contribution in [0.25, 0.3) is 11.1 Å². The van der Waals surface area contributed by atoms with E-state index < -0.39 is 20.8 Å². The molecule has 0 amide bonds. The van der Waals surface area contributed by atoms with Gasteiger partial charge in [-0.2, -0.15) is 13.2 Å². The fraction of sp³-hybridized carbons (Fsp3) is 0.0769.